The number of hydrogen-bond acceptors (Lipinski definition) is 4. The zero-order chi connectivity index (χ0) is 20.4. The Morgan fingerprint density at radius 3 is 2.50 bits per heavy atom. The average molecular weight is 399 g/mol. The van der Waals surface area contributed by atoms with E-state index < -0.39 is 0 Å². The lowest BCUT2D eigenvalue weighted by atomic mass is 10.1. The highest BCUT2D eigenvalue weighted by Gasteiger charge is 2.38. The number of halogens is 1. The van der Waals surface area contributed by atoms with Crippen LogP contribution in [0.25, 0.3) is 0 Å². The van der Waals surface area contributed by atoms with Crippen LogP contribution in [0.5, 0.6) is 0 Å². The summed E-state index contributed by atoms with van der Waals surface area (Å²) in [5.74, 6) is 0. The van der Waals surface area contributed by atoms with Crippen LogP contribution in [0.4, 0.5) is 0 Å². The summed E-state index contributed by atoms with van der Waals surface area (Å²) in [7, 11) is 4.36. The average Bonchev–Trinajstić information content (AvgIpc) is 2.91. The summed E-state index contributed by atoms with van der Waals surface area (Å²) in [5, 5.41) is 0.822. The van der Waals surface area contributed by atoms with Crippen LogP contribution in [0.1, 0.15) is 38.9 Å². The molecule has 2 heterocycles. The van der Waals surface area contributed by atoms with Gasteiger partial charge in [-0.05, 0) is 32.4 Å². The SMILES string of the molecule is C=C/N=C(/CN1CCC2=C(C1)N(C)C(c1ccccc1Cl)N2C)C(C)=C(C)C. The van der Waals surface area contributed by atoms with Gasteiger partial charge in [-0.3, -0.25) is 9.89 Å². The number of benzene rings is 1. The van der Waals surface area contributed by atoms with Crippen LogP contribution in [0.3, 0.4) is 0 Å². The van der Waals surface area contributed by atoms with Gasteiger partial charge in [0.25, 0.3) is 0 Å². The first kappa shape index (κ1) is 20.7. The fourth-order valence-electron chi connectivity index (χ4n) is 4.14. The van der Waals surface area contributed by atoms with Crippen molar-refractivity contribution >= 4 is 17.3 Å². The van der Waals surface area contributed by atoms with Gasteiger partial charge in [0.2, 0.25) is 0 Å². The molecule has 2 aliphatic rings. The topological polar surface area (TPSA) is 22.1 Å². The minimum atomic E-state index is 0.152. The minimum absolute atomic E-state index is 0.152. The first-order valence-electron chi connectivity index (χ1n) is 9.81. The molecule has 150 valence electrons. The van der Waals surface area contributed by atoms with Gasteiger partial charge < -0.3 is 9.80 Å². The van der Waals surface area contributed by atoms with Crippen molar-refractivity contribution in [1.82, 2.24) is 14.7 Å². The van der Waals surface area contributed by atoms with E-state index in [9.17, 15) is 0 Å². The maximum Gasteiger partial charge on any atom is 0.129 e. The lowest BCUT2D eigenvalue weighted by Gasteiger charge is -2.31. The molecule has 0 N–H and O–H groups in total. The lowest BCUT2D eigenvalue weighted by molar-refractivity contribution is 0.189. The third-order valence-electron chi connectivity index (χ3n) is 5.94. The molecule has 5 heteroatoms. The Balaban J connectivity index is 1.81. The summed E-state index contributed by atoms with van der Waals surface area (Å²) in [6.45, 7) is 13.0. The van der Waals surface area contributed by atoms with Gasteiger partial charge >= 0.3 is 0 Å². The molecule has 0 bridgehead atoms. The number of rotatable bonds is 5. The third kappa shape index (κ3) is 3.89. The van der Waals surface area contributed by atoms with Crippen LogP contribution in [0.2, 0.25) is 5.02 Å². The van der Waals surface area contributed by atoms with Crippen molar-refractivity contribution in [2.75, 3.05) is 33.7 Å². The van der Waals surface area contributed by atoms with E-state index in [0.29, 0.717) is 0 Å². The van der Waals surface area contributed by atoms with Crippen molar-refractivity contribution in [2.45, 2.75) is 33.4 Å². The molecule has 1 aromatic rings. The van der Waals surface area contributed by atoms with E-state index >= 15 is 0 Å². The van der Waals surface area contributed by atoms with Crippen LogP contribution in [0.15, 0.2) is 64.6 Å². The second-order valence-electron chi connectivity index (χ2n) is 7.85. The molecule has 0 saturated carbocycles. The molecule has 28 heavy (non-hydrogen) atoms. The van der Waals surface area contributed by atoms with E-state index in [4.69, 9.17) is 11.6 Å². The summed E-state index contributed by atoms with van der Waals surface area (Å²) in [6.07, 6.45) is 2.84. The van der Waals surface area contributed by atoms with E-state index in [1.165, 1.54) is 22.5 Å². The zero-order valence-electron chi connectivity index (χ0n) is 17.7. The first-order valence-corrected chi connectivity index (χ1v) is 10.2. The maximum absolute atomic E-state index is 6.52. The van der Waals surface area contributed by atoms with Crippen LogP contribution < -0.4 is 0 Å². The Bertz CT molecular complexity index is 848. The van der Waals surface area contributed by atoms with E-state index in [1.807, 2.05) is 12.1 Å². The quantitative estimate of drug-likeness (QED) is 0.646. The largest absolute Gasteiger partial charge is 0.352 e. The zero-order valence-corrected chi connectivity index (χ0v) is 18.4. The summed E-state index contributed by atoms with van der Waals surface area (Å²) in [6, 6.07) is 8.15. The van der Waals surface area contributed by atoms with Crippen LogP contribution in [-0.4, -0.2) is 54.1 Å². The highest BCUT2D eigenvalue weighted by Crippen LogP contribution is 2.42. The van der Waals surface area contributed by atoms with Gasteiger partial charge in [-0.25, -0.2) is 0 Å². The van der Waals surface area contributed by atoms with Crippen LogP contribution in [0, 0.1) is 0 Å². The van der Waals surface area contributed by atoms with Crippen molar-refractivity contribution in [3.63, 3.8) is 0 Å². The molecule has 0 radical (unpaired) electrons. The highest BCUT2D eigenvalue weighted by molar-refractivity contribution is 6.31. The highest BCUT2D eigenvalue weighted by atomic mass is 35.5. The van der Waals surface area contributed by atoms with E-state index in [1.54, 1.807) is 6.20 Å². The van der Waals surface area contributed by atoms with Gasteiger partial charge in [0.15, 0.2) is 0 Å². The Morgan fingerprint density at radius 1 is 1.18 bits per heavy atom. The van der Waals surface area contributed by atoms with E-state index in [2.05, 4.69) is 73.3 Å². The second-order valence-corrected chi connectivity index (χ2v) is 8.26. The smallest absolute Gasteiger partial charge is 0.129 e. The molecule has 2 aliphatic heterocycles. The predicted octanol–water partition coefficient (Wildman–Crippen LogP) is 5.07. The standard InChI is InChI=1S/C23H31ClN4/c1-7-25-20(17(4)16(2)3)14-28-13-12-21-22(15-28)27(6)23(26(21)5)18-10-8-9-11-19(18)24/h7-11,23H,1,12-15H2,2-6H3/b25-20-. The third-order valence-corrected chi connectivity index (χ3v) is 6.29. The Morgan fingerprint density at radius 2 is 1.86 bits per heavy atom. The number of aliphatic imine (C=N–C) groups is 1. The summed E-state index contributed by atoms with van der Waals surface area (Å²) in [4.78, 5) is 11.8. The monoisotopic (exact) mass is 398 g/mol. The van der Waals surface area contributed by atoms with Crippen LogP contribution in [-0.2, 0) is 0 Å². The van der Waals surface area contributed by atoms with Crippen molar-refractivity contribution in [1.29, 1.82) is 0 Å². The van der Waals surface area contributed by atoms with Gasteiger partial charge in [-0.1, -0.05) is 42.0 Å². The van der Waals surface area contributed by atoms with E-state index in [-0.39, 0.29) is 6.17 Å². The number of likely N-dealkylation sites (N-methyl/N-ethyl adjacent to an activating group) is 1. The maximum atomic E-state index is 6.52. The van der Waals surface area contributed by atoms with Crippen molar-refractivity contribution in [3.8, 4) is 0 Å². The van der Waals surface area contributed by atoms with Gasteiger partial charge in [0, 0.05) is 68.3 Å². The molecule has 4 nitrogen and oxygen atoms in total. The molecule has 0 amide bonds. The van der Waals surface area contributed by atoms with Crippen LogP contribution >= 0.6 is 11.6 Å². The molecule has 0 aromatic heterocycles. The fraction of sp³-hybridized carbons (Fsp3) is 0.435. The summed E-state index contributed by atoms with van der Waals surface area (Å²) < 4.78 is 0. The minimum Gasteiger partial charge on any atom is -0.352 e. The second kappa shape index (κ2) is 8.54. The Labute approximate surface area is 174 Å². The molecule has 0 saturated heterocycles. The molecule has 3 rings (SSSR count). The van der Waals surface area contributed by atoms with Gasteiger partial charge in [0.05, 0.1) is 5.71 Å². The predicted molar refractivity (Wildman–Crippen MR) is 119 cm³/mol. The first-order chi connectivity index (χ1) is 13.3. The summed E-state index contributed by atoms with van der Waals surface area (Å²) in [5.41, 5.74) is 7.62. The normalized spacial score (nSPS) is 20.5. The lowest BCUT2D eigenvalue weighted by Crippen LogP contribution is -2.38. The molecule has 0 aliphatic carbocycles. The Kier molecular flexibility index (Phi) is 6.31. The Hall–Kier alpha value is -2.04. The number of hydrogen-bond donors (Lipinski definition) is 0. The molecule has 1 unspecified atom stereocenters. The number of allylic oxidation sites excluding steroid dienone is 1. The molecule has 0 spiro atoms. The van der Waals surface area contributed by atoms with Crippen molar-refractivity contribution in [3.05, 3.63) is 70.2 Å². The van der Waals surface area contributed by atoms with Crippen molar-refractivity contribution < 1.29 is 0 Å². The molecule has 1 atom stereocenters. The van der Waals surface area contributed by atoms with Gasteiger partial charge in [-0.15, -0.1) is 0 Å². The molecule has 1 aromatic carbocycles. The summed E-state index contributed by atoms with van der Waals surface area (Å²) >= 11 is 6.52. The van der Waals surface area contributed by atoms with E-state index in [0.717, 1.165) is 42.4 Å². The van der Waals surface area contributed by atoms with Gasteiger partial charge in [-0.2, -0.15) is 0 Å². The van der Waals surface area contributed by atoms with Gasteiger partial charge in [0.1, 0.15) is 6.17 Å². The number of nitrogens with zero attached hydrogens (tertiary/aromatic N) is 4. The van der Waals surface area contributed by atoms with Crippen molar-refractivity contribution in [2.24, 2.45) is 4.99 Å². The molecule has 0 fully saturated rings. The molecular weight excluding hydrogens is 368 g/mol. The fourth-order valence-corrected chi connectivity index (χ4v) is 4.38. The molecular formula is C23H31ClN4.